The normalized spacial score (nSPS) is 20.3. The summed E-state index contributed by atoms with van der Waals surface area (Å²) in [7, 11) is 1.88. The highest BCUT2D eigenvalue weighted by atomic mass is 35.5. The minimum absolute atomic E-state index is 0.244. The summed E-state index contributed by atoms with van der Waals surface area (Å²) in [5, 5.41) is 5.09. The van der Waals surface area contributed by atoms with Gasteiger partial charge in [-0.1, -0.05) is 11.6 Å². The quantitative estimate of drug-likeness (QED) is 0.859. The van der Waals surface area contributed by atoms with Gasteiger partial charge in [-0.3, -0.25) is 4.68 Å². The monoisotopic (exact) mass is 227 g/mol. The van der Waals surface area contributed by atoms with Gasteiger partial charge in [-0.15, -0.1) is 0 Å². The molecule has 0 radical (unpaired) electrons. The molecule has 1 aliphatic rings. The molecule has 1 saturated carbocycles. The van der Waals surface area contributed by atoms with Crippen LogP contribution in [0.1, 0.15) is 31.0 Å². The molecule has 1 fully saturated rings. The molecule has 84 valence electrons. The maximum absolute atomic E-state index is 6.21. The number of nitrogens with zero attached hydrogens (tertiary/aromatic N) is 2. The lowest BCUT2D eigenvalue weighted by Crippen LogP contribution is -2.30. The van der Waals surface area contributed by atoms with Crippen LogP contribution in [0.2, 0.25) is 5.15 Å². The van der Waals surface area contributed by atoms with Crippen molar-refractivity contribution in [3.05, 3.63) is 16.4 Å². The highest BCUT2D eigenvalue weighted by Crippen LogP contribution is 2.51. The second kappa shape index (κ2) is 3.49. The van der Waals surface area contributed by atoms with Gasteiger partial charge in [0.15, 0.2) is 0 Å². The molecule has 3 nitrogen and oxygen atoms in total. The smallest absolute Gasteiger partial charge is 0.130 e. The molecule has 1 unspecified atom stereocenters. The van der Waals surface area contributed by atoms with Gasteiger partial charge in [0.25, 0.3) is 0 Å². The Hall–Kier alpha value is -0.540. The summed E-state index contributed by atoms with van der Waals surface area (Å²) in [6.07, 6.45) is 3.41. The van der Waals surface area contributed by atoms with Crippen molar-refractivity contribution in [3.8, 4) is 0 Å². The Morgan fingerprint density at radius 3 is 2.53 bits per heavy atom. The average Bonchev–Trinajstić information content (AvgIpc) is 2.89. The van der Waals surface area contributed by atoms with E-state index in [1.54, 1.807) is 4.68 Å². The Morgan fingerprint density at radius 1 is 1.60 bits per heavy atom. The van der Waals surface area contributed by atoms with Crippen LogP contribution in [0.3, 0.4) is 0 Å². The molecular formula is C11H18ClN3. The molecule has 1 aliphatic carbocycles. The summed E-state index contributed by atoms with van der Waals surface area (Å²) in [4.78, 5) is 0. The van der Waals surface area contributed by atoms with Crippen LogP contribution >= 0.6 is 11.6 Å². The molecule has 0 spiro atoms. The molecule has 1 aromatic heterocycles. The first-order chi connectivity index (χ1) is 6.96. The highest BCUT2D eigenvalue weighted by molar-refractivity contribution is 6.30. The third kappa shape index (κ3) is 1.79. The van der Waals surface area contributed by atoms with E-state index in [2.05, 4.69) is 12.0 Å². The molecule has 0 bridgehead atoms. The molecule has 4 heteroatoms. The van der Waals surface area contributed by atoms with Crippen LogP contribution in [-0.4, -0.2) is 15.8 Å². The SMILES string of the molecule is Cc1nn(C)c(Cl)c1CC1(C(C)N)CC1. The van der Waals surface area contributed by atoms with Gasteiger partial charge in [0.2, 0.25) is 0 Å². The minimum atomic E-state index is 0.244. The van der Waals surface area contributed by atoms with Crippen LogP contribution in [-0.2, 0) is 13.5 Å². The summed E-state index contributed by atoms with van der Waals surface area (Å²) < 4.78 is 1.74. The zero-order valence-corrected chi connectivity index (χ0v) is 10.3. The number of aromatic nitrogens is 2. The van der Waals surface area contributed by atoms with Crippen molar-refractivity contribution in [1.82, 2.24) is 9.78 Å². The Labute approximate surface area is 95.6 Å². The van der Waals surface area contributed by atoms with E-state index in [1.165, 1.54) is 18.4 Å². The summed E-state index contributed by atoms with van der Waals surface area (Å²) in [5.74, 6) is 0. The van der Waals surface area contributed by atoms with E-state index in [1.807, 2.05) is 14.0 Å². The topological polar surface area (TPSA) is 43.8 Å². The maximum atomic E-state index is 6.21. The summed E-state index contributed by atoms with van der Waals surface area (Å²) in [5.41, 5.74) is 8.52. The van der Waals surface area contributed by atoms with E-state index in [-0.39, 0.29) is 11.5 Å². The number of nitrogens with two attached hydrogens (primary N) is 1. The second-order valence-electron chi connectivity index (χ2n) is 4.81. The molecular weight excluding hydrogens is 210 g/mol. The molecule has 1 heterocycles. The zero-order chi connectivity index (χ0) is 11.2. The van der Waals surface area contributed by atoms with E-state index in [0.29, 0.717) is 0 Å². The fourth-order valence-electron chi connectivity index (χ4n) is 2.18. The van der Waals surface area contributed by atoms with Crippen LogP contribution < -0.4 is 5.73 Å². The van der Waals surface area contributed by atoms with Gasteiger partial charge in [0, 0.05) is 18.7 Å². The lowest BCUT2D eigenvalue weighted by Gasteiger charge is -2.19. The Balaban J connectivity index is 2.25. The number of hydrogen-bond acceptors (Lipinski definition) is 2. The standard InChI is InChI=1S/C11H18ClN3/c1-7-9(10(12)15(3)14-7)6-11(4-5-11)8(2)13/h8H,4-6,13H2,1-3H3. The molecule has 1 aromatic rings. The minimum Gasteiger partial charge on any atom is -0.327 e. The predicted molar refractivity (Wildman–Crippen MR) is 62.0 cm³/mol. The molecule has 0 saturated heterocycles. The van der Waals surface area contributed by atoms with Crippen LogP contribution in [0.15, 0.2) is 0 Å². The second-order valence-corrected chi connectivity index (χ2v) is 5.16. The summed E-state index contributed by atoms with van der Waals surface area (Å²) >= 11 is 6.21. The number of rotatable bonds is 3. The third-order valence-electron chi connectivity index (χ3n) is 3.66. The van der Waals surface area contributed by atoms with Crippen molar-refractivity contribution in [2.24, 2.45) is 18.2 Å². The zero-order valence-electron chi connectivity index (χ0n) is 9.55. The first-order valence-electron chi connectivity index (χ1n) is 5.40. The van der Waals surface area contributed by atoms with Crippen LogP contribution in [0.5, 0.6) is 0 Å². The van der Waals surface area contributed by atoms with E-state index in [9.17, 15) is 0 Å². The van der Waals surface area contributed by atoms with E-state index < -0.39 is 0 Å². The number of aryl methyl sites for hydroxylation is 2. The summed E-state index contributed by atoms with van der Waals surface area (Å²) in [6, 6.07) is 0.244. The Kier molecular flexibility index (Phi) is 2.55. The number of halogens is 1. The van der Waals surface area contributed by atoms with Crippen molar-refractivity contribution in [3.63, 3.8) is 0 Å². The van der Waals surface area contributed by atoms with Crippen LogP contribution in [0.25, 0.3) is 0 Å². The van der Waals surface area contributed by atoms with E-state index in [0.717, 1.165) is 17.3 Å². The van der Waals surface area contributed by atoms with Gasteiger partial charge in [0.1, 0.15) is 5.15 Å². The molecule has 1 atom stereocenters. The number of hydrogen-bond donors (Lipinski definition) is 1. The molecule has 0 amide bonds. The molecule has 2 rings (SSSR count). The van der Waals surface area contributed by atoms with Crippen molar-refractivity contribution >= 4 is 11.6 Å². The van der Waals surface area contributed by atoms with Crippen molar-refractivity contribution in [2.45, 2.75) is 39.2 Å². The lowest BCUT2D eigenvalue weighted by molar-refractivity contribution is 0.418. The molecule has 0 aliphatic heterocycles. The molecule has 15 heavy (non-hydrogen) atoms. The Bertz CT molecular complexity index is 377. The van der Waals surface area contributed by atoms with Gasteiger partial charge in [-0.25, -0.2) is 0 Å². The average molecular weight is 228 g/mol. The third-order valence-corrected chi connectivity index (χ3v) is 4.13. The van der Waals surface area contributed by atoms with Gasteiger partial charge >= 0.3 is 0 Å². The van der Waals surface area contributed by atoms with Gasteiger partial charge in [-0.05, 0) is 38.5 Å². The lowest BCUT2D eigenvalue weighted by atomic mass is 9.91. The Morgan fingerprint density at radius 2 is 2.20 bits per heavy atom. The molecule has 0 aromatic carbocycles. The fourth-order valence-corrected chi connectivity index (χ4v) is 2.42. The van der Waals surface area contributed by atoms with Crippen LogP contribution in [0, 0.1) is 12.3 Å². The highest BCUT2D eigenvalue weighted by Gasteiger charge is 2.46. The first kappa shape index (κ1) is 11.0. The van der Waals surface area contributed by atoms with Gasteiger partial charge < -0.3 is 5.73 Å². The van der Waals surface area contributed by atoms with Gasteiger partial charge in [0.05, 0.1) is 5.69 Å². The van der Waals surface area contributed by atoms with Gasteiger partial charge in [-0.2, -0.15) is 5.10 Å². The molecule has 2 N–H and O–H groups in total. The summed E-state index contributed by atoms with van der Waals surface area (Å²) in [6.45, 7) is 4.10. The van der Waals surface area contributed by atoms with E-state index in [4.69, 9.17) is 17.3 Å². The maximum Gasteiger partial charge on any atom is 0.130 e. The first-order valence-corrected chi connectivity index (χ1v) is 5.77. The van der Waals surface area contributed by atoms with Crippen molar-refractivity contribution < 1.29 is 0 Å². The largest absolute Gasteiger partial charge is 0.327 e. The predicted octanol–water partition coefficient (Wildman–Crippen LogP) is 2.05. The fraction of sp³-hybridized carbons (Fsp3) is 0.727. The van der Waals surface area contributed by atoms with Crippen LogP contribution in [0.4, 0.5) is 0 Å². The van der Waals surface area contributed by atoms with Crippen molar-refractivity contribution in [1.29, 1.82) is 0 Å². The van der Waals surface area contributed by atoms with Crippen molar-refractivity contribution in [2.75, 3.05) is 0 Å². The van der Waals surface area contributed by atoms with E-state index >= 15 is 0 Å².